The number of nitrogens with zero attached hydrogens (tertiary/aromatic N) is 3. The average molecular weight is 457 g/mol. The summed E-state index contributed by atoms with van der Waals surface area (Å²) in [4.78, 5) is 18.9. The van der Waals surface area contributed by atoms with Crippen molar-refractivity contribution in [3.8, 4) is 17.1 Å². The molecule has 1 saturated heterocycles. The van der Waals surface area contributed by atoms with Gasteiger partial charge in [-0.05, 0) is 55.3 Å². The van der Waals surface area contributed by atoms with Gasteiger partial charge in [-0.3, -0.25) is 0 Å². The van der Waals surface area contributed by atoms with Crippen LogP contribution in [0.2, 0.25) is 0 Å². The predicted molar refractivity (Wildman–Crippen MR) is 113 cm³/mol. The summed E-state index contributed by atoms with van der Waals surface area (Å²) in [6.45, 7) is 1.29. The minimum absolute atomic E-state index is 0.0917. The smallest absolute Gasteiger partial charge is 0.321 e. The van der Waals surface area contributed by atoms with Crippen LogP contribution in [0.15, 0.2) is 57.5 Å². The van der Waals surface area contributed by atoms with Crippen LogP contribution < -0.4 is 10.1 Å². The van der Waals surface area contributed by atoms with E-state index < -0.39 is 0 Å². The van der Waals surface area contributed by atoms with Crippen molar-refractivity contribution in [3.63, 3.8) is 0 Å². The second kappa shape index (κ2) is 8.65. The number of aromatic nitrogens is 2. The lowest BCUT2D eigenvalue weighted by Gasteiger charge is -2.30. The number of hydrogen-bond acceptors (Lipinski definition) is 5. The van der Waals surface area contributed by atoms with Gasteiger partial charge in [-0.25, -0.2) is 4.79 Å². The van der Waals surface area contributed by atoms with Gasteiger partial charge in [-0.15, -0.1) is 0 Å². The van der Waals surface area contributed by atoms with Gasteiger partial charge in [0.25, 0.3) is 0 Å². The molecule has 7 nitrogen and oxygen atoms in total. The molecule has 0 bridgehead atoms. The largest absolute Gasteiger partial charge is 0.497 e. The highest BCUT2D eigenvalue weighted by Gasteiger charge is 2.27. The highest BCUT2D eigenvalue weighted by molar-refractivity contribution is 9.10. The van der Waals surface area contributed by atoms with E-state index in [-0.39, 0.29) is 11.9 Å². The molecule has 2 heterocycles. The van der Waals surface area contributed by atoms with Crippen LogP contribution in [0.3, 0.4) is 0 Å². The van der Waals surface area contributed by atoms with Gasteiger partial charge in [0.1, 0.15) is 5.75 Å². The first-order valence-corrected chi connectivity index (χ1v) is 10.2. The summed E-state index contributed by atoms with van der Waals surface area (Å²) < 4.78 is 11.6. The Kier molecular flexibility index (Phi) is 5.80. The number of rotatable bonds is 4. The highest BCUT2D eigenvalue weighted by Crippen LogP contribution is 2.29. The fourth-order valence-corrected chi connectivity index (χ4v) is 3.76. The summed E-state index contributed by atoms with van der Waals surface area (Å²) in [6.07, 6.45) is 1.58. The number of halogens is 1. The second-order valence-electron chi connectivity index (χ2n) is 6.89. The van der Waals surface area contributed by atoms with E-state index in [4.69, 9.17) is 9.26 Å². The second-order valence-corrected chi connectivity index (χ2v) is 7.80. The Hall–Kier alpha value is -2.87. The number of urea groups is 1. The van der Waals surface area contributed by atoms with Crippen LogP contribution in [0.4, 0.5) is 10.5 Å². The van der Waals surface area contributed by atoms with Gasteiger partial charge in [0.05, 0.1) is 7.11 Å². The predicted octanol–water partition coefficient (Wildman–Crippen LogP) is 4.92. The Morgan fingerprint density at radius 1 is 1.21 bits per heavy atom. The fourth-order valence-electron chi connectivity index (χ4n) is 3.36. The number of methoxy groups -OCH3 is 1. The van der Waals surface area contributed by atoms with E-state index in [2.05, 4.69) is 31.4 Å². The van der Waals surface area contributed by atoms with Gasteiger partial charge < -0.3 is 19.5 Å². The molecular formula is C21H21BrN4O3. The van der Waals surface area contributed by atoms with Crippen LogP contribution in [-0.2, 0) is 0 Å². The Morgan fingerprint density at radius 3 is 2.66 bits per heavy atom. The van der Waals surface area contributed by atoms with Crippen molar-refractivity contribution in [2.45, 2.75) is 18.8 Å². The molecule has 1 aliphatic heterocycles. The summed E-state index contributed by atoms with van der Waals surface area (Å²) in [5, 5.41) is 7.05. The molecule has 2 amide bonds. The van der Waals surface area contributed by atoms with Crippen LogP contribution in [0, 0.1) is 0 Å². The third-order valence-electron chi connectivity index (χ3n) is 5.00. The Morgan fingerprint density at radius 2 is 1.97 bits per heavy atom. The normalized spacial score (nSPS) is 14.6. The van der Waals surface area contributed by atoms with Gasteiger partial charge in [-0.2, -0.15) is 4.98 Å². The summed E-state index contributed by atoms with van der Waals surface area (Å²) in [5.74, 6) is 2.13. The van der Waals surface area contributed by atoms with Crippen LogP contribution in [0.25, 0.3) is 11.4 Å². The lowest BCUT2D eigenvalue weighted by Crippen LogP contribution is -2.40. The van der Waals surface area contributed by atoms with Crippen molar-refractivity contribution in [1.82, 2.24) is 15.0 Å². The molecule has 1 aromatic heterocycles. The van der Waals surface area contributed by atoms with Gasteiger partial charge in [0, 0.05) is 34.7 Å². The molecule has 0 spiro atoms. The monoisotopic (exact) mass is 456 g/mol. The third-order valence-corrected chi connectivity index (χ3v) is 5.49. The summed E-state index contributed by atoms with van der Waals surface area (Å²) in [6, 6.07) is 15.0. The quantitative estimate of drug-likeness (QED) is 0.602. The summed E-state index contributed by atoms with van der Waals surface area (Å²) >= 11 is 3.41. The molecular weight excluding hydrogens is 436 g/mol. The number of piperidine rings is 1. The van der Waals surface area contributed by atoms with Crippen molar-refractivity contribution >= 4 is 27.6 Å². The van der Waals surface area contributed by atoms with Crippen molar-refractivity contribution in [3.05, 3.63) is 58.9 Å². The van der Waals surface area contributed by atoms with Crippen molar-refractivity contribution in [2.24, 2.45) is 0 Å². The highest BCUT2D eigenvalue weighted by atomic mass is 79.9. The van der Waals surface area contributed by atoms with E-state index in [0.29, 0.717) is 24.8 Å². The van der Waals surface area contributed by atoms with Crippen molar-refractivity contribution in [2.75, 3.05) is 25.5 Å². The maximum Gasteiger partial charge on any atom is 0.321 e. The molecule has 4 rings (SSSR count). The fraction of sp³-hybridized carbons (Fsp3) is 0.286. The Balaban J connectivity index is 1.34. The minimum Gasteiger partial charge on any atom is -0.497 e. The van der Waals surface area contributed by atoms with Gasteiger partial charge in [0.2, 0.25) is 11.7 Å². The van der Waals surface area contributed by atoms with Crippen LogP contribution >= 0.6 is 15.9 Å². The average Bonchev–Trinajstić information content (AvgIpc) is 3.24. The molecule has 0 radical (unpaired) electrons. The maximum absolute atomic E-state index is 12.5. The molecule has 1 aliphatic rings. The van der Waals surface area contributed by atoms with Crippen molar-refractivity contribution < 1.29 is 14.1 Å². The molecule has 150 valence electrons. The first-order valence-electron chi connectivity index (χ1n) is 9.42. The Bertz CT molecular complexity index is 982. The standard InChI is InChI=1S/C21H21BrN4O3/c1-28-18-7-5-14(6-8-18)19-24-20(29-25-19)15-9-11-26(12-10-15)21(27)23-17-4-2-3-16(22)13-17/h2-8,13,15H,9-12H2,1H3,(H,23,27). The topological polar surface area (TPSA) is 80.5 Å². The van der Waals surface area contributed by atoms with Crippen LogP contribution in [-0.4, -0.2) is 41.3 Å². The lowest BCUT2D eigenvalue weighted by atomic mass is 9.97. The summed E-state index contributed by atoms with van der Waals surface area (Å²) in [5.41, 5.74) is 1.65. The molecule has 0 unspecified atom stereocenters. The zero-order chi connectivity index (χ0) is 20.2. The van der Waals surface area contributed by atoms with E-state index in [0.717, 1.165) is 34.3 Å². The molecule has 0 atom stereocenters. The van der Waals surface area contributed by atoms with Gasteiger partial charge in [0.15, 0.2) is 0 Å². The van der Waals surface area contributed by atoms with E-state index in [9.17, 15) is 4.79 Å². The zero-order valence-electron chi connectivity index (χ0n) is 16.0. The van der Waals surface area contributed by atoms with Crippen molar-refractivity contribution in [1.29, 1.82) is 0 Å². The first-order chi connectivity index (χ1) is 14.1. The van der Waals surface area contributed by atoms with Gasteiger partial charge >= 0.3 is 6.03 Å². The first kappa shape index (κ1) is 19.4. The number of likely N-dealkylation sites (tertiary alicyclic amines) is 1. The van der Waals surface area contributed by atoms with E-state index in [1.807, 2.05) is 53.4 Å². The van der Waals surface area contributed by atoms with Gasteiger partial charge in [-0.1, -0.05) is 27.2 Å². The summed E-state index contributed by atoms with van der Waals surface area (Å²) in [7, 11) is 1.63. The number of anilines is 1. The number of carbonyl (C=O) groups is 1. The molecule has 0 aliphatic carbocycles. The number of ether oxygens (including phenoxy) is 1. The number of nitrogens with one attached hydrogen (secondary N) is 1. The lowest BCUT2D eigenvalue weighted by molar-refractivity contribution is 0.187. The molecule has 2 aromatic carbocycles. The van der Waals surface area contributed by atoms with Crippen LogP contribution in [0.5, 0.6) is 5.75 Å². The zero-order valence-corrected chi connectivity index (χ0v) is 17.6. The number of hydrogen-bond donors (Lipinski definition) is 1. The Labute approximate surface area is 177 Å². The molecule has 1 fully saturated rings. The SMILES string of the molecule is COc1ccc(-c2noc(C3CCN(C(=O)Nc4cccc(Br)c4)CC3)n2)cc1. The molecule has 0 saturated carbocycles. The van der Waals surface area contributed by atoms with Crippen LogP contribution in [0.1, 0.15) is 24.7 Å². The number of amides is 2. The maximum atomic E-state index is 12.5. The molecule has 8 heteroatoms. The van der Waals surface area contributed by atoms with E-state index in [1.54, 1.807) is 7.11 Å². The minimum atomic E-state index is -0.0917. The number of carbonyl (C=O) groups excluding carboxylic acids is 1. The third kappa shape index (κ3) is 4.59. The van der Waals surface area contributed by atoms with E-state index >= 15 is 0 Å². The molecule has 29 heavy (non-hydrogen) atoms. The number of benzene rings is 2. The molecule has 3 aromatic rings. The molecule has 1 N–H and O–H groups in total. The van der Waals surface area contributed by atoms with E-state index in [1.165, 1.54) is 0 Å².